The van der Waals surface area contributed by atoms with Crippen LogP contribution in [0.3, 0.4) is 0 Å². The van der Waals surface area contributed by atoms with E-state index in [1.165, 1.54) is 0 Å². The zero-order valence-corrected chi connectivity index (χ0v) is 12.2. The normalized spacial score (nSPS) is 10.5. The molecule has 0 radical (unpaired) electrons. The number of nitrogens with one attached hydrogen (secondary N) is 1. The lowest BCUT2D eigenvalue weighted by Crippen LogP contribution is -2.11. The van der Waals surface area contributed by atoms with Crippen LogP contribution < -0.4 is 10.1 Å². The Balaban J connectivity index is 2.01. The summed E-state index contributed by atoms with van der Waals surface area (Å²) in [6.07, 6.45) is 0.126. The second-order valence-electron chi connectivity index (χ2n) is 4.25. The van der Waals surface area contributed by atoms with Crippen LogP contribution in [0.25, 0.3) is 0 Å². The number of benzene rings is 1. The summed E-state index contributed by atoms with van der Waals surface area (Å²) in [6.45, 7) is 3.93. The summed E-state index contributed by atoms with van der Waals surface area (Å²) >= 11 is 3.16. The van der Waals surface area contributed by atoms with Crippen molar-refractivity contribution in [1.29, 1.82) is 0 Å². The Morgan fingerprint density at radius 1 is 1.21 bits per heavy atom. The number of anilines is 1. The third kappa shape index (κ3) is 3.86. The van der Waals surface area contributed by atoms with Gasteiger partial charge in [0.1, 0.15) is 5.75 Å². The molecule has 0 bridgehead atoms. The first-order chi connectivity index (χ1) is 9.04. The van der Waals surface area contributed by atoms with E-state index in [1.807, 2.05) is 26.0 Å². The van der Waals surface area contributed by atoms with Gasteiger partial charge >= 0.3 is 0 Å². The maximum atomic E-state index is 11.8. The Labute approximate surface area is 119 Å². The lowest BCUT2D eigenvalue weighted by molar-refractivity contribution is 0.0995. The molecule has 4 nitrogen and oxygen atoms in total. The number of hydrogen-bond acceptors (Lipinski definition) is 3. The standard InChI is InChI=1S/C14H14BrNO3/c1-9(2)18-11-5-3-10(4-6-11)16-14(17)12-7-8-13(15)19-12/h3-9H,1-2H3,(H,16,17). The fraction of sp³-hybridized carbons (Fsp3) is 0.214. The molecule has 1 N–H and O–H groups in total. The third-order valence-electron chi connectivity index (χ3n) is 2.28. The maximum absolute atomic E-state index is 11.8. The molecule has 1 heterocycles. The molecule has 0 aliphatic rings. The average molecular weight is 324 g/mol. The first kappa shape index (κ1) is 13.7. The Morgan fingerprint density at radius 3 is 2.42 bits per heavy atom. The first-order valence-electron chi connectivity index (χ1n) is 5.88. The van der Waals surface area contributed by atoms with E-state index in [4.69, 9.17) is 9.15 Å². The molecule has 1 aromatic heterocycles. The minimum atomic E-state index is -0.289. The Bertz CT molecular complexity index is 560. The van der Waals surface area contributed by atoms with Crippen LogP contribution in [0.4, 0.5) is 5.69 Å². The number of carbonyl (C=O) groups is 1. The van der Waals surface area contributed by atoms with E-state index in [2.05, 4.69) is 21.2 Å². The number of amides is 1. The van der Waals surface area contributed by atoms with Crippen molar-refractivity contribution in [3.05, 3.63) is 46.8 Å². The smallest absolute Gasteiger partial charge is 0.291 e. The highest BCUT2D eigenvalue weighted by atomic mass is 79.9. The molecular weight excluding hydrogens is 310 g/mol. The highest BCUT2D eigenvalue weighted by Crippen LogP contribution is 2.19. The van der Waals surface area contributed by atoms with E-state index >= 15 is 0 Å². The molecular formula is C14H14BrNO3. The monoisotopic (exact) mass is 323 g/mol. The van der Waals surface area contributed by atoms with Gasteiger partial charge < -0.3 is 14.5 Å². The molecule has 100 valence electrons. The number of hydrogen-bond donors (Lipinski definition) is 1. The van der Waals surface area contributed by atoms with Crippen molar-refractivity contribution < 1.29 is 13.9 Å². The number of ether oxygens (including phenoxy) is 1. The SMILES string of the molecule is CC(C)Oc1ccc(NC(=O)c2ccc(Br)o2)cc1. The van der Waals surface area contributed by atoms with Crippen LogP contribution in [0.5, 0.6) is 5.75 Å². The second-order valence-corrected chi connectivity index (χ2v) is 5.03. The molecule has 1 amide bonds. The van der Waals surface area contributed by atoms with Crippen LogP contribution in [0.2, 0.25) is 0 Å². The quantitative estimate of drug-likeness (QED) is 0.922. The summed E-state index contributed by atoms with van der Waals surface area (Å²) in [5.74, 6) is 0.742. The van der Waals surface area contributed by atoms with Gasteiger partial charge in [0.2, 0.25) is 0 Å². The molecule has 0 unspecified atom stereocenters. The molecule has 1 aromatic carbocycles. The van der Waals surface area contributed by atoms with E-state index in [9.17, 15) is 4.79 Å². The van der Waals surface area contributed by atoms with Crippen LogP contribution in [0.1, 0.15) is 24.4 Å². The maximum Gasteiger partial charge on any atom is 0.291 e. The number of rotatable bonds is 4. The number of furan rings is 1. The van der Waals surface area contributed by atoms with Gasteiger partial charge in [0, 0.05) is 5.69 Å². The van der Waals surface area contributed by atoms with Crippen LogP contribution in [0, 0.1) is 0 Å². The minimum Gasteiger partial charge on any atom is -0.491 e. The van der Waals surface area contributed by atoms with E-state index in [1.54, 1.807) is 24.3 Å². The summed E-state index contributed by atoms with van der Waals surface area (Å²) in [5, 5.41) is 2.74. The molecule has 0 atom stereocenters. The van der Waals surface area contributed by atoms with E-state index < -0.39 is 0 Å². The Hall–Kier alpha value is -1.75. The number of halogens is 1. The van der Waals surface area contributed by atoms with Crippen molar-refractivity contribution in [1.82, 2.24) is 0 Å². The predicted molar refractivity (Wildman–Crippen MR) is 76.6 cm³/mol. The largest absolute Gasteiger partial charge is 0.491 e. The van der Waals surface area contributed by atoms with Crippen molar-refractivity contribution in [3.63, 3.8) is 0 Å². The van der Waals surface area contributed by atoms with Gasteiger partial charge in [-0.05, 0) is 66.2 Å². The zero-order valence-electron chi connectivity index (χ0n) is 10.6. The van der Waals surface area contributed by atoms with Crippen LogP contribution in [0.15, 0.2) is 45.5 Å². The van der Waals surface area contributed by atoms with Crippen LogP contribution in [-0.2, 0) is 0 Å². The topological polar surface area (TPSA) is 51.5 Å². The molecule has 0 saturated carbocycles. The van der Waals surface area contributed by atoms with Crippen molar-refractivity contribution in [2.45, 2.75) is 20.0 Å². The van der Waals surface area contributed by atoms with Gasteiger partial charge in [-0.15, -0.1) is 0 Å². The third-order valence-corrected chi connectivity index (χ3v) is 2.71. The molecule has 0 aliphatic carbocycles. The van der Waals surface area contributed by atoms with Crippen LogP contribution >= 0.6 is 15.9 Å². The highest BCUT2D eigenvalue weighted by Gasteiger charge is 2.10. The molecule has 2 rings (SSSR count). The Kier molecular flexibility index (Phi) is 4.27. The van der Waals surface area contributed by atoms with Crippen molar-refractivity contribution in [2.24, 2.45) is 0 Å². The minimum absolute atomic E-state index is 0.126. The van der Waals surface area contributed by atoms with Gasteiger partial charge in [-0.3, -0.25) is 4.79 Å². The summed E-state index contributed by atoms with van der Waals surface area (Å²) in [5.41, 5.74) is 0.689. The van der Waals surface area contributed by atoms with Gasteiger partial charge in [0.15, 0.2) is 10.4 Å². The van der Waals surface area contributed by atoms with Gasteiger partial charge in [0.25, 0.3) is 5.91 Å². The Morgan fingerprint density at radius 2 is 1.89 bits per heavy atom. The molecule has 0 saturated heterocycles. The summed E-state index contributed by atoms with van der Waals surface area (Å²) < 4.78 is 11.2. The van der Waals surface area contributed by atoms with Crippen molar-refractivity contribution in [3.8, 4) is 5.75 Å². The van der Waals surface area contributed by atoms with Gasteiger partial charge in [0.05, 0.1) is 6.10 Å². The summed E-state index contributed by atoms with van der Waals surface area (Å²) in [4.78, 5) is 11.8. The fourth-order valence-corrected chi connectivity index (χ4v) is 1.82. The fourth-order valence-electron chi connectivity index (χ4n) is 1.52. The van der Waals surface area contributed by atoms with Gasteiger partial charge in [-0.25, -0.2) is 0 Å². The molecule has 0 aliphatic heterocycles. The number of carbonyl (C=O) groups excluding carboxylic acids is 1. The second kappa shape index (κ2) is 5.93. The van der Waals surface area contributed by atoms with Gasteiger partial charge in [-0.2, -0.15) is 0 Å². The van der Waals surface area contributed by atoms with Crippen LogP contribution in [-0.4, -0.2) is 12.0 Å². The highest BCUT2D eigenvalue weighted by molar-refractivity contribution is 9.10. The molecule has 0 spiro atoms. The average Bonchev–Trinajstić information content (AvgIpc) is 2.78. The molecule has 5 heteroatoms. The van der Waals surface area contributed by atoms with Crippen molar-refractivity contribution in [2.75, 3.05) is 5.32 Å². The first-order valence-corrected chi connectivity index (χ1v) is 6.67. The molecule has 19 heavy (non-hydrogen) atoms. The van der Waals surface area contributed by atoms with E-state index in [0.29, 0.717) is 10.4 Å². The van der Waals surface area contributed by atoms with E-state index in [0.717, 1.165) is 5.75 Å². The van der Waals surface area contributed by atoms with E-state index in [-0.39, 0.29) is 17.8 Å². The molecule has 0 fully saturated rings. The predicted octanol–water partition coefficient (Wildman–Crippen LogP) is 4.08. The molecule has 2 aromatic rings. The summed E-state index contributed by atoms with van der Waals surface area (Å²) in [6, 6.07) is 10.5. The van der Waals surface area contributed by atoms with Gasteiger partial charge in [-0.1, -0.05) is 0 Å². The summed E-state index contributed by atoms with van der Waals surface area (Å²) in [7, 11) is 0. The lowest BCUT2D eigenvalue weighted by atomic mass is 10.3. The lowest BCUT2D eigenvalue weighted by Gasteiger charge is -2.10. The van der Waals surface area contributed by atoms with Crippen molar-refractivity contribution >= 4 is 27.5 Å². The zero-order chi connectivity index (χ0) is 13.8.